The fourth-order valence-electron chi connectivity index (χ4n) is 2.09. The number of aliphatic carboxylic acids is 2. The Labute approximate surface area is 216 Å². The molecule has 1 rings (SSSR count). The van der Waals surface area contributed by atoms with Crippen LogP contribution in [0.5, 0.6) is 0 Å². The molecule has 0 aliphatic carbocycles. The van der Waals surface area contributed by atoms with E-state index in [-0.39, 0.29) is 55.8 Å². The molecule has 0 saturated heterocycles. The van der Waals surface area contributed by atoms with Gasteiger partial charge in [-0.2, -0.15) is 0 Å². The van der Waals surface area contributed by atoms with Crippen LogP contribution in [0.1, 0.15) is 85.9 Å². The Balaban J connectivity index is -0.000000454. The first-order valence-corrected chi connectivity index (χ1v) is 11.7. The molecule has 8 N–H and O–H groups in total. The molecule has 0 heterocycles. The predicted octanol–water partition coefficient (Wildman–Crippen LogP) is 2.33. The highest BCUT2D eigenvalue weighted by Crippen LogP contribution is 2.10. The number of aliphatic hydroxyl groups excluding tert-OH is 4. The Bertz CT molecular complexity index is 705. The summed E-state index contributed by atoms with van der Waals surface area (Å²) in [5.74, 6) is -3.73. The van der Waals surface area contributed by atoms with E-state index in [1.165, 1.54) is 18.2 Å². The van der Waals surface area contributed by atoms with Crippen LogP contribution in [0.4, 0.5) is 0 Å². The fraction of sp³-hybridized carbons (Fsp3) is 0.600. The van der Waals surface area contributed by atoms with E-state index in [9.17, 15) is 19.2 Å². The van der Waals surface area contributed by atoms with Crippen molar-refractivity contribution >= 4 is 23.9 Å². The summed E-state index contributed by atoms with van der Waals surface area (Å²) >= 11 is 0. The van der Waals surface area contributed by atoms with Crippen LogP contribution in [-0.2, 0) is 9.59 Å². The third-order valence-corrected chi connectivity index (χ3v) is 4.34. The van der Waals surface area contributed by atoms with E-state index >= 15 is 0 Å². The second-order valence-electron chi connectivity index (χ2n) is 8.53. The van der Waals surface area contributed by atoms with Gasteiger partial charge >= 0.3 is 23.9 Å². The van der Waals surface area contributed by atoms with E-state index in [2.05, 4.69) is 0 Å². The van der Waals surface area contributed by atoms with E-state index in [1.807, 2.05) is 0 Å². The van der Waals surface area contributed by atoms with Crippen molar-refractivity contribution < 1.29 is 60.0 Å². The number of rotatable bonds is 14. The van der Waals surface area contributed by atoms with Gasteiger partial charge in [0, 0.05) is 18.3 Å². The quantitative estimate of drug-likeness (QED) is 0.161. The number of carboxylic acid groups (broad SMARTS) is 4. The fourth-order valence-corrected chi connectivity index (χ4v) is 2.09. The van der Waals surface area contributed by atoms with E-state index in [4.69, 9.17) is 40.9 Å². The molecule has 214 valence electrons. The smallest absolute Gasteiger partial charge is 0.335 e. The highest BCUT2D eigenvalue weighted by Gasteiger charge is 2.13. The third-order valence-electron chi connectivity index (χ3n) is 4.34. The molecule has 0 spiro atoms. The monoisotopic (exact) mass is 534 g/mol. The summed E-state index contributed by atoms with van der Waals surface area (Å²) in [5.41, 5.74) is -0.343. The molecule has 0 aliphatic heterocycles. The van der Waals surface area contributed by atoms with Gasteiger partial charge in [0.15, 0.2) is 0 Å². The Hall–Kier alpha value is -3.06. The second kappa shape index (κ2) is 24.6. The van der Waals surface area contributed by atoms with Gasteiger partial charge in [-0.25, -0.2) is 9.59 Å². The number of hydrogen-bond acceptors (Lipinski definition) is 8. The minimum atomic E-state index is -1.13. The van der Waals surface area contributed by atoms with Crippen LogP contribution in [0.15, 0.2) is 24.3 Å². The van der Waals surface area contributed by atoms with Crippen molar-refractivity contribution in [1.82, 2.24) is 0 Å². The number of aromatic carboxylic acids is 2. The van der Waals surface area contributed by atoms with Gasteiger partial charge in [-0.15, -0.1) is 0 Å². The first-order valence-electron chi connectivity index (χ1n) is 11.7. The maximum atomic E-state index is 10.4. The predicted molar refractivity (Wildman–Crippen MR) is 135 cm³/mol. The molecule has 12 nitrogen and oxygen atoms in total. The highest BCUT2D eigenvalue weighted by molar-refractivity contribution is 5.93. The van der Waals surface area contributed by atoms with Crippen LogP contribution in [0, 0.1) is 5.41 Å². The number of benzene rings is 1. The molecule has 0 aliphatic rings. The van der Waals surface area contributed by atoms with Gasteiger partial charge in [0.2, 0.25) is 0 Å². The molecule has 1 aromatic carbocycles. The maximum absolute atomic E-state index is 10.4. The van der Waals surface area contributed by atoms with E-state index in [0.29, 0.717) is 0 Å². The topological polar surface area (TPSA) is 230 Å². The standard InChI is InChI=1S/C10H18O4.C8H6O4.C5H12O2.C2H6O2/c11-9(12)7-5-3-1-2-4-6-8-10(13)14;9-7(10)5-2-1-3-6(4-5)8(11)12;1-5(2,3-6)4-7;3-1-2-4/h1-8H2,(H,11,12)(H,13,14);1-4H,(H,9,10)(H,11,12);6-7H,3-4H2,1-2H3;3-4H,1-2H2. The van der Waals surface area contributed by atoms with Gasteiger partial charge in [0.05, 0.1) is 37.6 Å². The zero-order valence-electron chi connectivity index (χ0n) is 21.5. The molecular formula is C25H42O12. The van der Waals surface area contributed by atoms with Crippen LogP contribution in [0.25, 0.3) is 0 Å². The summed E-state index contributed by atoms with van der Waals surface area (Å²) in [7, 11) is 0. The van der Waals surface area contributed by atoms with E-state index in [0.717, 1.165) is 44.6 Å². The number of hydrogen-bond donors (Lipinski definition) is 8. The van der Waals surface area contributed by atoms with Gasteiger partial charge in [-0.05, 0) is 31.0 Å². The first kappa shape index (κ1) is 38.5. The lowest BCUT2D eigenvalue weighted by Crippen LogP contribution is -2.20. The van der Waals surface area contributed by atoms with Crippen molar-refractivity contribution in [2.24, 2.45) is 5.41 Å². The summed E-state index contributed by atoms with van der Waals surface area (Å²) in [4.78, 5) is 41.1. The second-order valence-corrected chi connectivity index (χ2v) is 8.53. The highest BCUT2D eigenvalue weighted by atomic mass is 16.4. The normalized spacial score (nSPS) is 9.89. The molecule has 0 aromatic heterocycles. The zero-order valence-corrected chi connectivity index (χ0v) is 21.5. The molecule has 0 unspecified atom stereocenters. The van der Waals surface area contributed by atoms with Crippen molar-refractivity contribution in [2.75, 3.05) is 26.4 Å². The van der Waals surface area contributed by atoms with Gasteiger partial charge in [0.25, 0.3) is 0 Å². The van der Waals surface area contributed by atoms with Gasteiger partial charge < -0.3 is 40.9 Å². The SMILES string of the molecule is CC(C)(CO)CO.O=C(O)CCCCCCCCC(=O)O.O=C(O)c1cccc(C(=O)O)c1.OCCO. The molecule has 0 saturated carbocycles. The lowest BCUT2D eigenvalue weighted by atomic mass is 9.97. The molecule has 37 heavy (non-hydrogen) atoms. The lowest BCUT2D eigenvalue weighted by molar-refractivity contribution is -0.138. The summed E-state index contributed by atoms with van der Waals surface area (Å²) < 4.78 is 0. The van der Waals surface area contributed by atoms with Crippen LogP contribution in [-0.4, -0.2) is 91.2 Å². The third kappa shape index (κ3) is 29.1. The van der Waals surface area contributed by atoms with Crippen molar-refractivity contribution in [2.45, 2.75) is 65.2 Å². The largest absolute Gasteiger partial charge is 0.481 e. The van der Waals surface area contributed by atoms with Gasteiger partial charge in [-0.3, -0.25) is 9.59 Å². The Morgan fingerprint density at radius 3 is 1.16 bits per heavy atom. The maximum Gasteiger partial charge on any atom is 0.335 e. The first-order chi connectivity index (χ1) is 17.3. The Kier molecular flexibility index (Phi) is 25.6. The van der Waals surface area contributed by atoms with Crippen molar-refractivity contribution in [3.63, 3.8) is 0 Å². The van der Waals surface area contributed by atoms with Crippen molar-refractivity contribution in [3.8, 4) is 0 Å². The van der Waals surface area contributed by atoms with Crippen LogP contribution in [0.3, 0.4) is 0 Å². The Morgan fingerprint density at radius 1 is 0.622 bits per heavy atom. The summed E-state index contributed by atoms with van der Waals surface area (Å²) in [6.07, 6.45) is 5.82. The average Bonchev–Trinajstić information content (AvgIpc) is 2.86. The van der Waals surface area contributed by atoms with Gasteiger partial charge in [0.1, 0.15) is 0 Å². The number of carbonyl (C=O) groups is 4. The molecule has 0 atom stereocenters. The molecule has 0 radical (unpaired) electrons. The minimum Gasteiger partial charge on any atom is -0.481 e. The lowest BCUT2D eigenvalue weighted by Gasteiger charge is -2.16. The Morgan fingerprint density at radius 2 is 0.946 bits per heavy atom. The van der Waals surface area contributed by atoms with Crippen molar-refractivity contribution in [1.29, 1.82) is 0 Å². The number of aliphatic hydroxyl groups is 4. The summed E-state index contributed by atoms with van der Waals surface area (Å²) in [6.45, 7) is 3.44. The summed E-state index contributed by atoms with van der Waals surface area (Å²) in [5, 5.41) is 65.8. The van der Waals surface area contributed by atoms with E-state index < -0.39 is 23.9 Å². The summed E-state index contributed by atoms with van der Waals surface area (Å²) in [6, 6.07) is 5.20. The molecule has 0 amide bonds. The van der Waals surface area contributed by atoms with Crippen LogP contribution < -0.4 is 0 Å². The number of unbranched alkanes of at least 4 members (excludes halogenated alkanes) is 5. The molecule has 0 bridgehead atoms. The average molecular weight is 535 g/mol. The minimum absolute atomic E-state index is 0.0186. The van der Waals surface area contributed by atoms with E-state index in [1.54, 1.807) is 13.8 Å². The molecule has 1 aromatic rings. The van der Waals surface area contributed by atoms with Gasteiger partial charge in [-0.1, -0.05) is 45.6 Å². The number of carboxylic acids is 4. The molecular weight excluding hydrogens is 492 g/mol. The molecule has 0 fully saturated rings. The van der Waals surface area contributed by atoms with Crippen molar-refractivity contribution in [3.05, 3.63) is 35.4 Å². The van der Waals surface area contributed by atoms with Crippen LogP contribution >= 0.6 is 0 Å². The molecule has 12 heteroatoms. The van der Waals surface area contributed by atoms with Crippen LogP contribution in [0.2, 0.25) is 0 Å². The zero-order chi connectivity index (χ0) is 29.3.